The summed E-state index contributed by atoms with van der Waals surface area (Å²) in [4.78, 5) is 3.76. The predicted octanol–water partition coefficient (Wildman–Crippen LogP) is -0.698. The lowest BCUT2D eigenvalue weighted by Crippen LogP contribution is -2.23. The summed E-state index contributed by atoms with van der Waals surface area (Å²) < 4.78 is 11.5. The summed E-state index contributed by atoms with van der Waals surface area (Å²) in [7, 11) is 1.61. The minimum Gasteiger partial charge on any atom is -0.389 e. The van der Waals surface area contributed by atoms with Crippen molar-refractivity contribution in [2.45, 2.75) is 12.6 Å². The molecule has 80 valence electrons. The predicted molar refractivity (Wildman–Crippen MR) is 48.7 cm³/mol. The minimum absolute atomic E-state index is 0.281. The van der Waals surface area contributed by atoms with Crippen LogP contribution in [-0.4, -0.2) is 52.9 Å². The fourth-order valence-electron chi connectivity index (χ4n) is 0.957. The van der Waals surface area contributed by atoms with Gasteiger partial charge >= 0.3 is 0 Å². The zero-order valence-electron chi connectivity index (χ0n) is 8.17. The molecule has 1 unspecified atom stereocenters. The molecule has 1 atom stereocenters. The van der Waals surface area contributed by atoms with Gasteiger partial charge in [0.15, 0.2) is 0 Å². The van der Waals surface area contributed by atoms with Crippen molar-refractivity contribution in [3.63, 3.8) is 0 Å². The van der Waals surface area contributed by atoms with E-state index >= 15 is 0 Å². The van der Waals surface area contributed by atoms with Crippen molar-refractivity contribution in [2.24, 2.45) is 0 Å². The van der Waals surface area contributed by atoms with Gasteiger partial charge < -0.3 is 14.6 Å². The highest BCUT2D eigenvalue weighted by atomic mass is 16.5. The number of aliphatic hydroxyl groups is 1. The van der Waals surface area contributed by atoms with Crippen LogP contribution in [-0.2, 0) is 16.0 Å². The number of methoxy groups -OCH3 is 1. The molecule has 0 aliphatic carbocycles. The van der Waals surface area contributed by atoms with E-state index in [1.165, 1.54) is 6.33 Å². The van der Waals surface area contributed by atoms with Gasteiger partial charge in [0.25, 0.3) is 0 Å². The number of aliphatic hydroxyl groups excluding tert-OH is 1. The molecule has 0 radical (unpaired) electrons. The Morgan fingerprint density at radius 1 is 1.50 bits per heavy atom. The summed E-state index contributed by atoms with van der Waals surface area (Å²) in [6, 6.07) is 0. The van der Waals surface area contributed by atoms with Crippen LogP contribution < -0.4 is 0 Å². The van der Waals surface area contributed by atoms with Crippen LogP contribution in [0.2, 0.25) is 0 Å². The molecule has 0 fully saturated rings. The van der Waals surface area contributed by atoms with Crippen LogP contribution in [0.3, 0.4) is 0 Å². The Hall–Kier alpha value is -0.980. The Morgan fingerprint density at radius 2 is 2.36 bits per heavy atom. The summed E-state index contributed by atoms with van der Waals surface area (Å²) >= 11 is 0. The van der Waals surface area contributed by atoms with Crippen molar-refractivity contribution in [3.05, 3.63) is 12.7 Å². The van der Waals surface area contributed by atoms with E-state index < -0.39 is 6.10 Å². The fourth-order valence-corrected chi connectivity index (χ4v) is 0.957. The lowest BCUT2D eigenvalue weighted by Gasteiger charge is -2.10. The van der Waals surface area contributed by atoms with Gasteiger partial charge in [0.1, 0.15) is 12.7 Å². The normalized spacial score (nSPS) is 13.0. The maximum atomic E-state index is 9.47. The third kappa shape index (κ3) is 4.31. The van der Waals surface area contributed by atoms with Crippen molar-refractivity contribution in [1.29, 1.82) is 0 Å². The van der Waals surface area contributed by atoms with Gasteiger partial charge in [-0.25, -0.2) is 4.98 Å². The first kappa shape index (κ1) is 11.1. The number of ether oxygens (including phenoxy) is 2. The minimum atomic E-state index is -0.562. The molecule has 1 N–H and O–H groups in total. The van der Waals surface area contributed by atoms with Gasteiger partial charge in [0.05, 0.1) is 32.5 Å². The SMILES string of the molecule is COCCOCC(O)Cn1cncn1. The molecule has 1 rings (SSSR count). The van der Waals surface area contributed by atoms with Crippen LogP contribution in [0.1, 0.15) is 0 Å². The molecule has 6 nitrogen and oxygen atoms in total. The van der Waals surface area contributed by atoms with Gasteiger partial charge in [-0.15, -0.1) is 0 Å². The lowest BCUT2D eigenvalue weighted by molar-refractivity contribution is 0.00594. The smallest absolute Gasteiger partial charge is 0.137 e. The molecule has 0 bridgehead atoms. The van der Waals surface area contributed by atoms with Crippen molar-refractivity contribution in [1.82, 2.24) is 14.8 Å². The average Bonchev–Trinajstić information content (AvgIpc) is 2.65. The van der Waals surface area contributed by atoms with Crippen LogP contribution in [0.5, 0.6) is 0 Å². The molecule has 0 spiro atoms. The number of hydrogen-bond acceptors (Lipinski definition) is 5. The van der Waals surface area contributed by atoms with Gasteiger partial charge in [0.2, 0.25) is 0 Å². The molecule has 14 heavy (non-hydrogen) atoms. The summed E-state index contributed by atoms with van der Waals surface area (Å²) in [5, 5.41) is 13.3. The zero-order chi connectivity index (χ0) is 10.2. The quantitative estimate of drug-likeness (QED) is 0.591. The van der Waals surface area contributed by atoms with E-state index in [9.17, 15) is 5.11 Å². The van der Waals surface area contributed by atoms with Crippen LogP contribution in [0, 0.1) is 0 Å². The lowest BCUT2D eigenvalue weighted by atomic mass is 10.4. The van der Waals surface area contributed by atoms with Gasteiger partial charge in [-0.2, -0.15) is 5.10 Å². The standard InChI is InChI=1S/C8H15N3O3/c1-13-2-3-14-5-8(12)4-11-7-9-6-10-11/h6-8,12H,2-5H2,1H3. The van der Waals surface area contributed by atoms with Crippen LogP contribution >= 0.6 is 0 Å². The molecule has 0 aliphatic heterocycles. The van der Waals surface area contributed by atoms with Gasteiger partial charge in [-0.1, -0.05) is 0 Å². The first-order chi connectivity index (χ1) is 6.83. The maximum absolute atomic E-state index is 9.47. The van der Waals surface area contributed by atoms with Gasteiger partial charge in [-0.3, -0.25) is 4.68 Å². The maximum Gasteiger partial charge on any atom is 0.137 e. The highest BCUT2D eigenvalue weighted by Gasteiger charge is 2.05. The first-order valence-electron chi connectivity index (χ1n) is 4.40. The Labute approximate surface area is 82.5 Å². The molecular weight excluding hydrogens is 186 g/mol. The van der Waals surface area contributed by atoms with Crippen molar-refractivity contribution >= 4 is 0 Å². The number of hydrogen-bond donors (Lipinski definition) is 1. The Bertz CT molecular complexity index is 228. The zero-order valence-corrected chi connectivity index (χ0v) is 8.17. The van der Waals surface area contributed by atoms with E-state index in [1.807, 2.05) is 0 Å². The summed E-state index contributed by atoms with van der Waals surface area (Å²) in [5.41, 5.74) is 0. The number of rotatable bonds is 7. The third-order valence-corrected chi connectivity index (χ3v) is 1.61. The average molecular weight is 201 g/mol. The molecule has 0 aromatic carbocycles. The van der Waals surface area contributed by atoms with Crippen molar-refractivity contribution in [2.75, 3.05) is 26.9 Å². The second kappa shape index (κ2) is 6.47. The Balaban J connectivity index is 2.07. The second-order valence-corrected chi connectivity index (χ2v) is 2.84. The summed E-state index contributed by atoms with van der Waals surface area (Å²) in [5.74, 6) is 0. The van der Waals surface area contributed by atoms with Crippen molar-refractivity contribution < 1.29 is 14.6 Å². The van der Waals surface area contributed by atoms with E-state index in [-0.39, 0.29) is 6.61 Å². The molecule has 0 amide bonds. The Kier molecular flexibility index (Phi) is 5.13. The second-order valence-electron chi connectivity index (χ2n) is 2.84. The van der Waals surface area contributed by atoms with E-state index in [2.05, 4.69) is 10.1 Å². The molecule has 1 heterocycles. The van der Waals surface area contributed by atoms with E-state index in [0.29, 0.717) is 19.8 Å². The Morgan fingerprint density at radius 3 is 3.00 bits per heavy atom. The highest BCUT2D eigenvalue weighted by Crippen LogP contribution is 1.90. The first-order valence-corrected chi connectivity index (χ1v) is 4.40. The molecule has 0 saturated heterocycles. The number of nitrogens with zero attached hydrogens (tertiary/aromatic N) is 3. The number of aromatic nitrogens is 3. The molecule has 6 heteroatoms. The largest absolute Gasteiger partial charge is 0.389 e. The monoisotopic (exact) mass is 201 g/mol. The molecular formula is C8H15N3O3. The third-order valence-electron chi connectivity index (χ3n) is 1.61. The van der Waals surface area contributed by atoms with E-state index in [0.717, 1.165) is 0 Å². The van der Waals surface area contributed by atoms with Gasteiger partial charge in [0, 0.05) is 7.11 Å². The van der Waals surface area contributed by atoms with E-state index in [4.69, 9.17) is 9.47 Å². The molecule has 1 aromatic rings. The fraction of sp³-hybridized carbons (Fsp3) is 0.750. The van der Waals surface area contributed by atoms with E-state index in [1.54, 1.807) is 18.1 Å². The molecule has 0 aliphatic rings. The summed E-state index contributed by atoms with van der Waals surface area (Å²) in [6.45, 7) is 1.71. The molecule has 0 saturated carbocycles. The highest BCUT2D eigenvalue weighted by molar-refractivity contribution is 4.60. The van der Waals surface area contributed by atoms with Crippen LogP contribution in [0.15, 0.2) is 12.7 Å². The van der Waals surface area contributed by atoms with Crippen LogP contribution in [0.4, 0.5) is 0 Å². The van der Waals surface area contributed by atoms with Gasteiger partial charge in [-0.05, 0) is 0 Å². The topological polar surface area (TPSA) is 69.4 Å². The van der Waals surface area contributed by atoms with Crippen molar-refractivity contribution in [3.8, 4) is 0 Å². The summed E-state index contributed by atoms with van der Waals surface area (Å²) in [6.07, 6.45) is 2.42. The van der Waals surface area contributed by atoms with Crippen LogP contribution in [0.25, 0.3) is 0 Å². The molecule has 1 aromatic heterocycles.